The van der Waals surface area contributed by atoms with Crippen LogP contribution in [0.3, 0.4) is 0 Å². The van der Waals surface area contributed by atoms with Crippen molar-refractivity contribution in [2.45, 2.75) is 46.6 Å². The second-order valence-corrected chi connectivity index (χ2v) is 5.55. The van der Waals surface area contributed by atoms with Gasteiger partial charge in [0, 0.05) is 6.54 Å². The van der Waals surface area contributed by atoms with E-state index < -0.39 is 0 Å². The monoisotopic (exact) mass is 257 g/mol. The predicted molar refractivity (Wildman–Crippen MR) is 71.5 cm³/mol. The van der Waals surface area contributed by atoms with Gasteiger partial charge in [0.1, 0.15) is 5.01 Å². The van der Waals surface area contributed by atoms with Crippen LogP contribution in [-0.2, 0) is 6.54 Å². The number of rotatable bonds is 9. The molecule has 4 nitrogen and oxygen atoms in total. The highest BCUT2D eigenvalue weighted by Gasteiger charge is 2.04. The predicted octanol–water partition coefficient (Wildman–Crippen LogP) is 2.85. The van der Waals surface area contributed by atoms with Gasteiger partial charge in [-0.1, -0.05) is 32.1 Å². The summed E-state index contributed by atoms with van der Waals surface area (Å²) in [5.41, 5.74) is 0. The van der Waals surface area contributed by atoms with E-state index in [0.717, 1.165) is 43.5 Å². The summed E-state index contributed by atoms with van der Waals surface area (Å²) in [7, 11) is 0. The molecule has 0 radical (unpaired) electrons. The smallest absolute Gasteiger partial charge is 0.294 e. The Kier molecular flexibility index (Phi) is 7.12. The van der Waals surface area contributed by atoms with E-state index >= 15 is 0 Å². The molecule has 1 rings (SSSR count). The summed E-state index contributed by atoms with van der Waals surface area (Å²) in [5.74, 6) is 0.738. The fourth-order valence-corrected chi connectivity index (χ4v) is 2.07. The molecule has 98 valence electrons. The lowest BCUT2D eigenvalue weighted by Gasteiger charge is -2.03. The molecule has 0 aliphatic carbocycles. The zero-order chi connectivity index (χ0) is 12.5. The Morgan fingerprint density at radius 3 is 2.88 bits per heavy atom. The molecule has 0 aromatic carbocycles. The van der Waals surface area contributed by atoms with E-state index in [9.17, 15) is 0 Å². The summed E-state index contributed by atoms with van der Waals surface area (Å²) >= 11 is 1.54. The Morgan fingerprint density at radius 2 is 2.18 bits per heavy atom. The molecule has 0 aliphatic heterocycles. The zero-order valence-electron chi connectivity index (χ0n) is 11.0. The van der Waals surface area contributed by atoms with Crippen LogP contribution in [0.5, 0.6) is 5.19 Å². The molecule has 0 aliphatic rings. The number of nitrogens with zero attached hydrogens (tertiary/aromatic N) is 2. The number of hydrogen-bond acceptors (Lipinski definition) is 5. The van der Waals surface area contributed by atoms with Crippen molar-refractivity contribution in [3.05, 3.63) is 5.01 Å². The molecule has 5 heteroatoms. The normalized spacial score (nSPS) is 11.1. The summed E-state index contributed by atoms with van der Waals surface area (Å²) in [6.45, 7) is 9.15. The van der Waals surface area contributed by atoms with Gasteiger partial charge in [-0.3, -0.25) is 0 Å². The molecular formula is C12H23N3OS. The lowest BCUT2D eigenvalue weighted by atomic mass is 10.1. The minimum atomic E-state index is 0.696. The maximum Gasteiger partial charge on any atom is 0.294 e. The fourth-order valence-electron chi connectivity index (χ4n) is 1.39. The number of nitrogens with one attached hydrogen (secondary N) is 1. The summed E-state index contributed by atoms with van der Waals surface area (Å²) in [4.78, 5) is 0. The largest absolute Gasteiger partial charge is 0.469 e. The Morgan fingerprint density at radius 1 is 1.35 bits per heavy atom. The standard InChI is InChI=1S/C12H23N3OS/c1-4-7-13-9-11-14-15-12(17-11)16-8-5-6-10(2)3/h10,13H,4-9H2,1-3H3. The van der Waals surface area contributed by atoms with Gasteiger partial charge in [-0.25, -0.2) is 0 Å². The highest BCUT2D eigenvalue weighted by Crippen LogP contribution is 2.18. The quantitative estimate of drug-likeness (QED) is 0.691. The van der Waals surface area contributed by atoms with Crippen molar-refractivity contribution >= 4 is 11.3 Å². The van der Waals surface area contributed by atoms with E-state index in [4.69, 9.17) is 4.74 Å². The third kappa shape index (κ3) is 6.58. The van der Waals surface area contributed by atoms with E-state index in [-0.39, 0.29) is 0 Å². The summed E-state index contributed by atoms with van der Waals surface area (Å²) in [6.07, 6.45) is 3.42. The van der Waals surface area contributed by atoms with Crippen molar-refractivity contribution in [1.82, 2.24) is 15.5 Å². The third-order valence-electron chi connectivity index (χ3n) is 2.30. The van der Waals surface area contributed by atoms with Crippen LogP contribution >= 0.6 is 11.3 Å². The minimum Gasteiger partial charge on any atom is -0.469 e. The van der Waals surface area contributed by atoms with Crippen LogP contribution in [0.4, 0.5) is 0 Å². The first-order chi connectivity index (χ1) is 8.22. The van der Waals surface area contributed by atoms with Crippen molar-refractivity contribution in [2.24, 2.45) is 5.92 Å². The van der Waals surface area contributed by atoms with Gasteiger partial charge in [0.05, 0.1) is 6.61 Å². The van der Waals surface area contributed by atoms with E-state index in [1.165, 1.54) is 17.8 Å². The summed E-state index contributed by atoms with van der Waals surface area (Å²) in [6, 6.07) is 0. The number of aromatic nitrogens is 2. The van der Waals surface area contributed by atoms with E-state index in [1.54, 1.807) is 0 Å². The molecule has 17 heavy (non-hydrogen) atoms. The summed E-state index contributed by atoms with van der Waals surface area (Å²) < 4.78 is 5.56. The van der Waals surface area contributed by atoms with Crippen LogP contribution in [0.15, 0.2) is 0 Å². The highest BCUT2D eigenvalue weighted by atomic mass is 32.1. The van der Waals surface area contributed by atoms with E-state index in [2.05, 4.69) is 36.3 Å². The topological polar surface area (TPSA) is 47.0 Å². The molecule has 0 spiro atoms. The third-order valence-corrected chi connectivity index (χ3v) is 3.14. The van der Waals surface area contributed by atoms with E-state index in [0.29, 0.717) is 5.19 Å². The zero-order valence-corrected chi connectivity index (χ0v) is 11.8. The van der Waals surface area contributed by atoms with Crippen molar-refractivity contribution in [1.29, 1.82) is 0 Å². The maximum atomic E-state index is 5.56. The first kappa shape index (κ1) is 14.4. The molecule has 0 saturated heterocycles. The van der Waals surface area contributed by atoms with Gasteiger partial charge in [0.15, 0.2) is 0 Å². The molecule has 1 aromatic heterocycles. The number of hydrogen-bond donors (Lipinski definition) is 1. The Hall–Kier alpha value is -0.680. The van der Waals surface area contributed by atoms with Gasteiger partial charge >= 0.3 is 0 Å². The maximum absolute atomic E-state index is 5.56. The van der Waals surface area contributed by atoms with Crippen molar-refractivity contribution in [2.75, 3.05) is 13.2 Å². The molecule has 0 amide bonds. The van der Waals surface area contributed by atoms with Crippen molar-refractivity contribution in [3.8, 4) is 5.19 Å². The Bertz CT molecular complexity index is 302. The fraction of sp³-hybridized carbons (Fsp3) is 0.833. The van der Waals surface area contributed by atoms with Crippen LogP contribution in [0.2, 0.25) is 0 Å². The van der Waals surface area contributed by atoms with Crippen LogP contribution in [0.1, 0.15) is 45.0 Å². The van der Waals surface area contributed by atoms with Crippen LogP contribution in [0.25, 0.3) is 0 Å². The average molecular weight is 257 g/mol. The molecule has 0 saturated carbocycles. The van der Waals surface area contributed by atoms with Gasteiger partial charge < -0.3 is 10.1 Å². The highest BCUT2D eigenvalue weighted by molar-refractivity contribution is 7.13. The van der Waals surface area contributed by atoms with Gasteiger partial charge in [-0.2, -0.15) is 0 Å². The Balaban J connectivity index is 2.16. The Labute approximate surface area is 108 Å². The second-order valence-electron chi connectivity index (χ2n) is 4.52. The molecule has 1 N–H and O–H groups in total. The molecule has 0 fully saturated rings. The van der Waals surface area contributed by atoms with Crippen LogP contribution in [-0.4, -0.2) is 23.3 Å². The van der Waals surface area contributed by atoms with Gasteiger partial charge in [-0.15, -0.1) is 10.2 Å². The lowest BCUT2D eigenvalue weighted by molar-refractivity contribution is 0.294. The van der Waals surface area contributed by atoms with Gasteiger partial charge in [0.2, 0.25) is 0 Å². The molecule has 0 bridgehead atoms. The SMILES string of the molecule is CCCNCc1nnc(OCCCC(C)C)s1. The second kappa shape index (κ2) is 8.42. The average Bonchev–Trinajstić information content (AvgIpc) is 2.73. The van der Waals surface area contributed by atoms with Crippen LogP contribution < -0.4 is 10.1 Å². The van der Waals surface area contributed by atoms with Crippen molar-refractivity contribution < 1.29 is 4.74 Å². The molecular weight excluding hydrogens is 234 g/mol. The van der Waals surface area contributed by atoms with Gasteiger partial charge in [-0.05, 0) is 31.7 Å². The minimum absolute atomic E-state index is 0.696. The molecule has 1 heterocycles. The summed E-state index contributed by atoms with van der Waals surface area (Å²) in [5, 5.41) is 13.1. The van der Waals surface area contributed by atoms with Gasteiger partial charge in [0.25, 0.3) is 5.19 Å². The lowest BCUT2D eigenvalue weighted by Crippen LogP contribution is -2.13. The molecule has 0 unspecified atom stereocenters. The molecule has 0 atom stereocenters. The number of ether oxygens (including phenoxy) is 1. The molecule has 1 aromatic rings. The first-order valence-corrected chi connectivity index (χ1v) is 7.20. The van der Waals surface area contributed by atoms with Crippen molar-refractivity contribution in [3.63, 3.8) is 0 Å². The van der Waals surface area contributed by atoms with Crippen LogP contribution in [0, 0.1) is 5.92 Å². The first-order valence-electron chi connectivity index (χ1n) is 6.38. The van der Waals surface area contributed by atoms with E-state index in [1.807, 2.05) is 0 Å².